The number of unbranched alkanes of at least 4 members (excludes halogenated alkanes) is 1. The molecular weight excluding hydrogens is 372 g/mol. The predicted octanol–water partition coefficient (Wildman–Crippen LogP) is 2.07. The third-order valence-electron chi connectivity index (χ3n) is 4.95. The molecule has 7 nitrogen and oxygen atoms in total. The zero-order valence-electron chi connectivity index (χ0n) is 17.0. The van der Waals surface area contributed by atoms with Crippen LogP contribution >= 0.6 is 0 Å². The van der Waals surface area contributed by atoms with Crippen molar-refractivity contribution in [1.82, 2.24) is 10.2 Å². The van der Waals surface area contributed by atoms with Gasteiger partial charge in [-0.25, -0.2) is 0 Å². The van der Waals surface area contributed by atoms with Crippen molar-refractivity contribution in [3.05, 3.63) is 29.8 Å². The summed E-state index contributed by atoms with van der Waals surface area (Å²) in [7, 11) is 1.56. The summed E-state index contributed by atoms with van der Waals surface area (Å²) in [5, 5.41) is 2.46. The minimum atomic E-state index is -0.582. The number of methoxy groups -OCH3 is 1. The Hall–Kier alpha value is -3.01. The molecule has 0 bridgehead atoms. The lowest BCUT2D eigenvalue weighted by atomic mass is 9.83. The molecule has 0 spiro atoms. The van der Waals surface area contributed by atoms with Gasteiger partial charge in [-0.1, -0.05) is 37.5 Å². The second-order valence-electron chi connectivity index (χ2n) is 6.86. The first-order valence-electron chi connectivity index (χ1n) is 9.82. The summed E-state index contributed by atoms with van der Waals surface area (Å²) < 4.78 is 10.7. The van der Waals surface area contributed by atoms with Crippen molar-refractivity contribution in [2.45, 2.75) is 38.6 Å². The second kappa shape index (κ2) is 11.1. The van der Waals surface area contributed by atoms with Crippen molar-refractivity contribution in [3.63, 3.8) is 0 Å². The number of benzene rings is 1. The van der Waals surface area contributed by atoms with Crippen LogP contribution < -0.4 is 10.1 Å². The van der Waals surface area contributed by atoms with E-state index in [9.17, 15) is 14.4 Å². The summed E-state index contributed by atoms with van der Waals surface area (Å²) in [4.78, 5) is 39.0. The molecule has 1 aliphatic heterocycles. The second-order valence-corrected chi connectivity index (χ2v) is 6.86. The van der Waals surface area contributed by atoms with Gasteiger partial charge in [-0.2, -0.15) is 0 Å². The maximum absolute atomic E-state index is 12.9. The lowest BCUT2D eigenvalue weighted by Crippen LogP contribution is -2.46. The van der Waals surface area contributed by atoms with Crippen LogP contribution in [0.5, 0.6) is 5.75 Å². The number of piperidine rings is 1. The number of likely N-dealkylation sites (tertiary alicyclic amines) is 1. The van der Waals surface area contributed by atoms with Gasteiger partial charge >= 0.3 is 5.97 Å². The van der Waals surface area contributed by atoms with Crippen molar-refractivity contribution < 1.29 is 23.9 Å². The van der Waals surface area contributed by atoms with Crippen LogP contribution in [-0.2, 0) is 19.1 Å². The van der Waals surface area contributed by atoms with Gasteiger partial charge in [-0.05, 0) is 18.9 Å². The largest absolute Gasteiger partial charge is 0.496 e. The first-order chi connectivity index (χ1) is 14.0. The zero-order valence-corrected chi connectivity index (χ0v) is 17.0. The molecule has 2 rings (SSSR count). The van der Waals surface area contributed by atoms with Gasteiger partial charge in [0.05, 0.1) is 25.6 Å². The Balaban J connectivity index is 2.28. The van der Waals surface area contributed by atoms with Crippen LogP contribution in [0.3, 0.4) is 0 Å². The lowest BCUT2D eigenvalue weighted by molar-refractivity contribution is -0.159. The van der Waals surface area contributed by atoms with Gasteiger partial charge in [-0.15, -0.1) is 6.42 Å². The van der Waals surface area contributed by atoms with Crippen LogP contribution in [0.4, 0.5) is 0 Å². The van der Waals surface area contributed by atoms with Crippen molar-refractivity contribution >= 4 is 17.8 Å². The van der Waals surface area contributed by atoms with E-state index in [0.29, 0.717) is 18.7 Å². The van der Waals surface area contributed by atoms with Gasteiger partial charge in [0, 0.05) is 18.5 Å². The number of hydrogen-bond donors (Lipinski definition) is 1. The fourth-order valence-electron chi connectivity index (χ4n) is 3.53. The van der Waals surface area contributed by atoms with Gasteiger partial charge in [0.25, 0.3) is 5.91 Å². The standard InChI is InChI=1S/C22H28N2O5/c1-4-6-14-24-20(26)12-11-17(22(27)29-15-19(25)23-13-5-2)21(24)16-9-7-8-10-18(16)28-3/h2,7-10,17,21H,4,6,11-15H2,1,3H3,(H,23,25)/t17-,21-/m0/s1. The topological polar surface area (TPSA) is 84.9 Å². The highest BCUT2D eigenvalue weighted by Gasteiger charge is 2.42. The molecule has 2 atom stereocenters. The number of rotatable bonds is 9. The summed E-state index contributed by atoms with van der Waals surface area (Å²) in [6.07, 6.45) is 7.48. The van der Waals surface area contributed by atoms with E-state index < -0.39 is 30.4 Å². The van der Waals surface area contributed by atoms with Gasteiger partial charge in [0.1, 0.15) is 5.75 Å². The summed E-state index contributed by atoms with van der Waals surface area (Å²) in [5.41, 5.74) is 0.762. The normalized spacial score (nSPS) is 18.7. The van der Waals surface area contributed by atoms with E-state index in [0.717, 1.165) is 18.4 Å². The molecule has 1 heterocycles. The number of carbonyl (C=O) groups is 3. The maximum atomic E-state index is 12.9. The summed E-state index contributed by atoms with van der Waals surface area (Å²) in [6, 6.07) is 6.86. The van der Waals surface area contributed by atoms with Crippen LogP contribution in [0.15, 0.2) is 24.3 Å². The molecule has 1 saturated heterocycles. The van der Waals surface area contributed by atoms with Crippen molar-refractivity contribution in [2.75, 3.05) is 26.8 Å². The molecule has 7 heteroatoms. The number of hydrogen-bond acceptors (Lipinski definition) is 5. The van der Waals surface area contributed by atoms with E-state index >= 15 is 0 Å². The number of para-hydroxylation sites is 1. The molecule has 1 N–H and O–H groups in total. The van der Waals surface area contributed by atoms with Crippen molar-refractivity contribution in [3.8, 4) is 18.1 Å². The summed E-state index contributed by atoms with van der Waals surface area (Å²) in [6.45, 7) is 2.26. The Morgan fingerprint density at radius 2 is 2.10 bits per heavy atom. The Morgan fingerprint density at radius 1 is 1.34 bits per heavy atom. The Bertz CT molecular complexity index is 771. The molecule has 1 aromatic carbocycles. The molecule has 0 saturated carbocycles. The molecule has 1 aromatic rings. The van der Waals surface area contributed by atoms with Gasteiger partial charge in [0.2, 0.25) is 5.91 Å². The molecule has 0 aromatic heterocycles. The van der Waals surface area contributed by atoms with Crippen molar-refractivity contribution in [1.29, 1.82) is 0 Å². The fourth-order valence-corrected chi connectivity index (χ4v) is 3.53. The summed E-state index contributed by atoms with van der Waals surface area (Å²) in [5.74, 6) is 1.36. The van der Waals surface area contributed by atoms with Crippen LogP contribution in [-0.4, -0.2) is 49.5 Å². The van der Waals surface area contributed by atoms with E-state index in [4.69, 9.17) is 15.9 Å². The fraction of sp³-hybridized carbons (Fsp3) is 0.500. The quantitative estimate of drug-likeness (QED) is 0.507. The number of ether oxygens (including phenoxy) is 2. The molecule has 2 amide bonds. The number of carbonyl (C=O) groups excluding carboxylic acids is 3. The zero-order chi connectivity index (χ0) is 21.2. The van der Waals surface area contributed by atoms with Crippen LogP contribution in [0.25, 0.3) is 0 Å². The van der Waals surface area contributed by atoms with E-state index in [1.54, 1.807) is 12.0 Å². The third kappa shape index (κ3) is 5.74. The van der Waals surface area contributed by atoms with Crippen molar-refractivity contribution in [2.24, 2.45) is 5.92 Å². The van der Waals surface area contributed by atoms with Crippen LogP contribution in [0, 0.1) is 18.3 Å². The molecular formula is C22H28N2O5. The average molecular weight is 400 g/mol. The maximum Gasteiger partial charge on any atom is 0.311 e. The van der Waals surface area contributed by atoms with E-state index in [2.05, 4.69) is 11.2 Å². The smallest absolute Gasteiger partial charge is 0.311 e. The van der Waals surface area contributed by atoms with Crippen LogP contribution in [0.2, 0.25) is 0 Å². The number of nitrogens with one attached hydrogen (secondary N) is 1. The minimum Gasteiger partial charge on any atom is -0.496 e. The molecule has 0 unspecified atom stereocenters. The molecule has 0 radical (unpaired) electrons. The van der Waals surface area contributed by atoms with Crippen LogP contribution in [0.1, 0.15) is 44.2 Å². The Labute approximate surface area is 171 Å². The highest BCUT2D eigenvalue weighted by molar-refractivity contribution is 5.84. The number of amides is 2. The Kier molecular flexibility index (Phi) is 8.53. The molecule has 0 aliphatic carbocycles. The monoisotopic (exact) mass is 400 g/mol. The Morgan fingerprint density at radius 3 is 2.79 bits per heavy atom. The van der Waals surface area contributed by atoms with Gasteiger partial charge < -0.3 is 19.7 Å². The minimum absolute atomic E-state index is 0.00479. The summed E-state index contributed by atoms with van der Waals surface area (Å²) >= 11 is 0. The SMILES string of the molecule is C#CCNC(=O)COC(=O)[C@H]1CCC(=O)N(CCCC)[C@H]1c1ccccc1OC. The molecule has 156 valence electrons. The number of nitrogens with zero attached hydrogens (tertiary/aromatic N) is 1. The highest BCUT2D eigenvalue weighted by Crippen LogP contribution is 2.41. The predicted molar refractivity (Wildman–Crippen MR) is 108 cm³/mol. The average Bonchev–Trinajstić information content (AvgIpc) is 2.74. The van der Waals surface area contributed by atoms with E-state index in [-0.39, 0.29) is 18.9 Å². The lowest BCUT2D eigenvalue weighted by Gasteiger charge is -2.40. The molecule has 1 fully saturated rings. The van der Waals surface area contributed by atoms with E-state index in [1.807, 2.05) is 31.2 Å². The number of esters is 1. The van der Waals surface area contributed by atoms with Gasteiger partial charge in [0.15, 0.2) is 6.61 Å². The molecule has 29 heavy (non-hydrogen) atoms. The highest BCUT2D eigenvalue weighted by atomic mass is 16.5. The first-order valence-corrected chi connectivity index (χ1v) is 9.82. The molecule has 1 aliphatic rings. The number of terminal acetylenes is 1. The third-order valence-corrected chi connectivity index (χ3v) is 4.95. The first kappa shape index (κ1) is 22.3. The van der Waals surface area contributed by atoms with E-state index in [1.165, 1.54) is 0 Å². The van der Waals surface area contributed by atoms with Gasteiger partial charge in [-0.3, -0.25) is 14.4 Å².